The van der Waals surface area contributed by atoms with E-state index in [1.54, 1.807) is 16.7 Å². The number of carbonyl (C=O) groups excluding carboxylic acids is 2. The van der Waals surface area contributed by atoms with Gasteiger partial charge in [0.1, 0.15) is 0 Å². The third-order valence-electron chi connectivity index (χ3n) is 6.06. The van der Waals surface area contributed by atoms with Crippen LogP contribution in [0.2, 0.25) is 0 Å². The fourth-order valence-electron chi connectivity index (χ4n) is 4.59. The molecule has 1 saturated heterocycles. The number of thioether (sulfide) groups is 1. The number of nitrogens with zero attached hydrogens (tertiary/aromatic N) is 2. The normalized spacial score (nSPS) is 19.5. The molecule has 0 saturated carbocycles. The van der Waals surface area contributed by atoms with Gasteiger partial charge in [-0.1, -0.05) is 78.4 Å². The summed E-state index contributed by atoms with van der Waals surface area (Å²) in [4.78, 5) is 29.8. The average Bonchev–Trinajstić information content (AvgIpc) is 3.36. The Bertz CT molecular complexity index is 1170. The van der Waals surface area contributed by atoms with E-state index in [1.165, 1.54) is 0 Å². The van der Waals surface area contributed by atoms with Crippen LogP contribution in [0.15, 0.2) is 78.9 Å². The Morgan fingerprint density at radius 1 is 1.00 bits per heavy atom. The molecule has 0 radical (unpaired) electrons. The van der Waals surface area contributed by atoms with Crippen LogP contribution in [0.1, 0.15) is 22.3 Å². The molecule has 0 bridgehead atoms. The summed E-state index contributed by atoms with van der Waals surface area (Å²) in [6.45, 7) is 3.50. The standard InChI is InChI=1S/C26H25N3O2S/c1-19-8-7-11-21(16-19)18-28-23-13-6-5-12-22(23)26(24(28)30)29(14-15-32-26)25(31)27-17-20-9-3-2-4-10-20/h2-13,16H,14-15,17-18H2,1H3,(H,27,31)/t26-/m1/s1. The maximum Gasteiger partial charge on any atom is 0.319 e. The second-order valence-corrected chi connectivity index (χ2v) is 9.47. The lowest BCUT2D eigenvalue weighted by Crippen LogP contribution is -2.53. The smallest absolute Gasteiger partial charge is 0.319 e. The number of rotatable bonds is 4. The molecule has 3 aromatic carbocycles. The zero-order chi connectivity index (χ0) is 22.1. The summed E-state index contributed by atoms with van der Waals surface area (Å²) < 4.78 is 0. The molecule has 162 valence electrons. The largest absolute Gasteiger partial charge is 0.334 e. The number of nitrogens with one attached hydrogen (secondary N) is 1. The van der Waals surface area contributed by atoms with Gasteiger partial charge >= 0.3 is 6.03 Å². The highest BCUT2D eigenvalue weighted by Gasteiger charge is 2.59. The quantitative estimate of drug-likeness (QED) is 0.638. The lowest BCUT2D eigenvalue weighted by atomic mass is 10.1. The van der Waals surface area contributed by atoms with Gasteiger partial charge in [-0.2, -0.15) is 0 Å². The van der Waals surface area contributed by atoms with Gasteiger partial charge < -0.3 is 10.2 Å². The molecule has 1 atom stereocenters. The summed E-state index contributed by atoms with van der Waals surface area (Å²) >= 11 is 1.55. The Morgan fingerprint density at radius 3 is 2.56 bits per heavy atom. The molecule has 1 N–H and O–H groups in total. The molecule has 0 unspecified atom stereocenters. The fourth-order valence-corrected chi connectivity index (χ4v) is 6.05. The van der Waals surface area contributed by atoms with Crippen LogP contribution < -0.4 is 10.2 Å². The van der Waals surface area contributed by atoms with Crippen LogP contribution in [0, 0.1) is 6.92 Å². The van der Waals surface area contributed by atoms with E-state index in [4.69, 9.17) is 0 Å². The Kier molecular flexibility index (Phi) is 5.39. The molecule has 3 aromatic rings. The van der Waals surface area contributed by atoms with Gasteiger partial charge in [0, 0.05) is 24.4 Å². The van der Waals surface area contributed by atoms with Gasteiger partial charge in [-0.15, -0.1) is 11.8 Å². The molecule has 1 fully saturated rings. The highest BCUT2D eigenvalue weighted by molar-refractivity contribution is 8.01. The SMILES string of the molecule is Cc1cccc(CN2C(=O)[C@]3(SCCN3C(=O)NCc3ccccc3)c3ccccc32)c1. The molecule has 5 rings (SSSR count). The maximum absolute atomic E-state index is 13.9. The number of para-hydroxylation sites is 1. The van der Waals surface area contributed by atoms with Gasteiger partial charge in [-0.05, 0) is 24.1 Å². The predicted molar refractivity (Wildman–Crippen MR) is 128 cm³/mol. The number of aryl methyl sites for hydroxylation is 1. The van der Waals surface area contributed by atoms with Crippen LogP contribution in [-0.4, -0.2) is 29.1 Å². The predicted octanol–water partition coefficient (Wildman–Crippen LogP) is 4.65. The molecule has 0 aromatic heterocycles. The van der Waals surface area contributed by atoms with Crippen LogP contribution in [-0.2, 0) is 22.8 Å². The van der Waals surface area contributed by atoms with Crippen molar-refractivity contribution in [2.45, 2.75) is 24.9 Å². The van der Waals surface area contributed by atoms with Crippen molar-refractivity contribution >= 4 is 29.4 Å². The second-order valence-electron chi connectivity index (χ2n) is 8.19. The third kappa shape index (κ3) is 3.45. The van der Waals surface area contributed by atoms with Crippen molar-refractivity contribution < 1.29 is 9.59 Å². The first kappa shape index (κ1) is 20.6. The van der Waals surface area contributed by atoms with Gasteiger partial charge in [0.25, 0.3) is 5.91 Å². The van der Waals surface area contributed by atoms with E-state index in [9.17, 15) is 9.59 Å². The zero-order valence-electron chi connectivity index (χ0n) is 18.0. The zero-order valence-corrected chi connectivity index (χ0v) is 18.8. The molecular formula is C26H25N3O2S. The summed E-state index contributed by atoms with van der Waals surface area (Å²) in [7, 11) is 0. The fraction of sp³-hybridized carbons (Fsp3) is 0.231. The summed E-state index contributed by atoms with van der Waals surface area (Å²) in [6, 6.07) is 25.7. The number of urea groups is 1. The number of fused-ring (bicyclic) bond motifs is 2. The Labute approximate surface area is 192 Å². The molecule has 2 heterocycles. The molecule has 32 heavy (non-hydrogen) atoms. The van der Waals surface area contributed by atoms with Crippen molar-refractivity contribution in [3.63, 3.8) is 0 Å². The minimum absolute atomic E-state index is 0.0439. The molecule has 2 aliphatic heterocycles. The minimum Gasteiger partial charge on any atom is -0.334 e. The molecule has 0 aliphatic carbocycles. The Balaban J connectivity index is 1.45. The lowest BCUT2D eigenvalue weighted by molar-refractivity contribution is -0.123. The van der Waals surface area contributed by atoms with Gasteiger partial charge in [0.2, 0.25) is 0 Å². The van der Waals surface area contributed by atoms with E-state index in [2.05, 4.69) is 24.4 Å². The van der Waals surface area contributed by atoms with Crippen LogP contribution in [0.5, 0.6) is 0 Å². The summed E-state index contributed by atoms with van der Waals surface area (Å²) in [5.74, 6) is 0.675. The summed E-state index contributed by atoms with van der Waals surface area (Å²) in [5.41, 5.74) is 5.05. The summed E-state index contributed by atoms with van der Waals surface area (Å²) in [6.07, 6.45) is 0. The first-order valence-electron chi connectivity index (χ1n) is 10.8. The maximum atomic E-state index is 13.9. The van der Waals surface area contributed by atoms with Crippen molar-refractivity contribution in [1.29, 1.82) is 0 Å². The van der Waals surface area contributed by atoms with Gasteiger partial charge in [0.05, 0.1) is 12.2 Å². The second kappa shape index (κ2) is 8.36. The highest BCUT2D eigenvalue weighted by Crippen LogP contribution is 2.54. The van der Waals surface area contributed by atoms with Gasteiger partial charge in [-0.3, -0.25) is 9.69 Å². The third-order valence-corrected chi connectivity index (χ3v) is 7.48. The number of hydrogen-bond donors (Lipinski definition) is 1. The Morgan fingerprint density at radius 2 is 1.75 bits per heavy atom. The summed E-state index contributed by atoms with van der Waals surface area (Å²) in [5, 5.41) is 3.02. The topological polar surface area (TPSA) is 52.7 Å². The molecular weight excluding hydrogens is 418 g/mol. The molecule has 6 heteroatoms. The van der Waals surface area contributed by atoms with Crippen LogP contribution in [0.4, 0.5) is 10.5 Å². The Hall–Kier alpha value is -3.25. The molecule has 1 spiro atoms. The highest BCUT2D eigenvalue weighted by atomic mass is 32.2. The van der Waals surface area contributed by atoms with E-state index in [0.717, 1.165) is 33.7 Å². The number of hydrogen-bond acceptors (Lipinski definition) is 3. The molecule has 5 nitrogen and oxygen atoms in total. The lowest BCUT2D eigenvalue weighted by Gasteiger charge is -2.33. The van der Waals surface area contributed by atoms with Crippen molar-refractivity contribution in [2.75, 3.05) is 17.2 Å². The first-order chi connectivity index (χ1) is 15.6. The van der Waals surface area contributed by atoms with E-state index < -0.39 is 4.87 Å². The van der Waals surface area contributed by atoms with Crippen molar-refractivity contribution in [2.24, 2.45) is 0 Å². The van der Waals surface area contributed by atoms with E-state index in [0.29, 0.717) is 19.6 Å². The van der Waals surface area contributed by atoms with Crippen LogP contribution in [0.3, 0.4) is 0 Å². The van der Waals surface area contributed by atoms with E-state index in [1.807, 2.05) is 71.6 Å². The van der Waals surface area contributed by atoms with Crippen molar-refractivity contribution in [3.05, 3.63) is 101 Å². The van der Waals surface area contributed by atoms with E-state index in [-0.39, 0.29) is 11.9 Å². The average molecular weight is 444 g/mol. The van der Waals surface area contributed by atoms with Crippen LogP contribution in [0.25, 0.3) is 0 Å². The number of carbonyl (C=O) groups is 2. The monoisotopic (exact) mass is 443 g/mol. The number of benzene rings is 3. The number of anilines is 1. The van der Waals surface area contributed by atoms with Crippen LogP contribution >= 0.6 is 11.8 Å². The van der Waals surface area contributed by atoms with Gasteiger partial charge in [-0.25, -0.2) is 4.79 Å². The van der Waals surface area contributed by atoms with Crippen molar-refractivity contribution in [3.8, 4) is 0 Å². The first-order valence-corrected chi connectivity index (χ1v) is 11.8. The number of amides is 3. The minimum atomic E-state index is -1.01. The van der Waals surface area contributed by atoms with Gasteiger partial charge in [0.15, 0.2) is 4.87 Å². The molecule has 2 aliphatic rings. The molecule has 3 amide bonds. The van der Waals surface area contributed by atoms with E-state index >= 15 is 0 Å². The van der Waals surface area contributed by atoms with Crippen molar-refractivity contribution in [1.82, 2.24) is 10.2 Å².